The van der Waals surface area contributed by atoms with Gasteiger partial charge in [-0.15, -0.1) is 0 Å². The van der Waals surface area contributed by atoms with Crippen LogP contribution in [0.25, 0.3) is 0 Å². The minimum absolute atomic E-state index is 0.00583. The molecule has 2 N–H and O–H groups in total. The Morgan fingerprint density at radius 1 is 1.60 bits per heavy atom. The summed E-state index contributed by atoms with van der Waals surface area (Å²) in [5, 5.41) is 0.00583. The van der Waals surface area contributed by atoms with Crippen LogP contribution in [0.3, 0.4) is 0 Å². The fourth-order valence-electron chi connectivity index (χ4n) is 0.434. The maximum Gasteiger partial charge on any atom is 0.220 e. The van der Waals surface area contributed by atoms with Crippen molar-refractivity contribution in [3.05, 3.63) is 0 Å². The summed E-state index contributed by atoms with van der Waals surface area (Å²) >= 11 is 1.12. The van der Waals surface area contributed by atoms with Gasteiger partial charge in [-0.25, -0.2) is 0 Å². The molecule has 58 valence electrons. The van der Waals surface area contributed by atoms with Crippen LogP contribution < -0.4 is 5.73 Å². The number of hydrogen-bond donors (Lipinski definition) is 1. The van der Waals surface area contributed by atoms with Crippen LogP contribution in [-0.4, -0.2) is 17.3 Å². The maximum absolute atomic E-state index is 10.7. The van der Waals surface area contributed by atoms with Crippen LogP contribution in [0.2, 0.25) is 0 Å². The third kappa shape index (κ3) is 3.50. The Morgan fingerprint density at radius 3 is 2.40 bits per heavy atom. The Balaban J connectivity index is 3.68. The van der Waals surface area contributed by atoms with Gasteiger partial charge in [0.15, 0.2) is 5.12 Å². The van der Waals surface area contributed by atoms with Crippen LogP contribution in [0.4, 0.5) is 0 Å². The Morgan fingerprint density at radius 2 is 2.10 bits per heavy atom. The van der Waals surface area contributed by atoms with E-state index < -0.39 is 5.91 Å². The lowest BCUT2D eigenvalue weighted by Crippen LogP contribution is -2.22. The van der Waals surface area contributed by atoms with Gasteiger partial charge in [0.1, 0.15) is 0 Å². The van der Waals surface area contributed by atoms with Crippen molar-refractivity contribution in [2.75, 3.05) is 6.26 Å². The fraction of sp³-hybridized carbons (Fsp3) is 0.667. The Labute approximate surface area is 64.4 Å². The van der Waals surface area contributed by atoms with Crippen molar-refractivity contribution in [3.8, 4) is 0 Å². The molecule has 0 aromatic carbocycles. The molecule has 0 radical (unpaired) electrons. The highest BCUT2D eigenvalue weighted by atomic mass is 32.2. The lowest BCUT2D eigenvalue weighted by molar-refractivity contribution is -0.124. The molecule has 0 unspecified atom stereocenters. The zero-order chi connectivity index (χ0) is 8.15. The normalized spacial score (nSPS) is 12.6. The quantitative estimate of drug-likeness (QED) is 0.651. The van der Waals surface area contributed by atoms with Gasteiger partial charge < -0.3 is 5.73 Å². The van der Waals surface area contributed by atoms with Crippen molar-refractivity contribution in [1.29, 1.82) is 0 Å². The molecule has 0 fully saturated rings. The summed E-state index contributed by atoms with van der Waals surface area (Å²) in [6.07, 6.45) is 1.94. The molecule has 4 heteroatoms. The van der Waals surface area contributed by atoms with Gasteiger partial charge in [0.2, 0.25) is 5.91 Å². The molecule has 0 saturated carbocycles. The summed E-state index contributed by atoms with van der Waals surface area (Å²) in [6, 6.07) is 0. The van der Waals surface area contributed by atoms with E-state index in [0.717, 1.165) is 11.8 Å². The number of hydrogen-bond acceptors (Lipinski definition) is 3. The molecule has 1 atom stereocenters. The van der Waals surface area contributed by atoms with Gasteiger partial charge in [0, 0.05) is 12.3 Å². The predicted molar refractivity (Wildman–Crippen MR) is 41.5 cm³/mol. The maximum atomic E-state index is 10.7. The van der Waals surface area contributed by atoms with Crippen molar-refractivity contribution in [2.24, 2.45) is 11.7 Å². The van der Waals surface area contributed by atoms with Crippen molar-refractivity contribution in [3.63, 3.8) is 0 Å². The second-order valence-corrected chi connectivity index (χ2v) is 2.95. The zero-order valence-corrected chi connectivity index (χ0v) is 6.90. The first kappa shape index (κ1) is 9.49. The van der Waals surface area contributed by atoms with E-state index in [9.17, 15) is 9.59 Å². The van der Waals surface area contributed by atoms with Crippen LogP contribution in [0, 0.1) is 5.92 Å². The number of nitrogens with two attached hydrogens (primary N) is 1. The van der Waals surface area contributed by atoms with Gasteiger partial charge in [-0.3, -0.25) is 9.59 Å². The second-order valence-electron chi connectivity index (χ2n) is 2.08. The highest BCUT2D eigenvalue weighted by molar-refractivity contribution is 8.13. The summed E-state index contributed by atoms with van der Waals surface area (Å²) in [4.78, 5) is 21.1. The molecule has 0 aliphatic heterocycles. The molecule has 0 spiro atoms. The first-order valence-electron chi connectivity index (χ1n) is 2.94. The molecule has 3 nitrogen and oxygen atoms in total. The van der Waals surface area contributed by atoms with E-state index in [-0.39, 0.29) is 17.5 Å². The topological polar surface area (TPSA) is 60.2 Å². The van der Waals surface area contributed by atoms with E-state index in [1.807, 2.05) is 0 Å². The standard InChI is InChI=1S/C6H11NO2S/c1-4(6(7)9)3-5(8)10-2/h4H,3H2,1-2H3,(H2,7,9)/t4-/m0/s1. The van der Waals surface area contributed by atoms with Gasteiger partial charge >= 0.3 is 0 Å². The average molecular weight is 161 g/mol. The number of thioether (sulfide) groups is 1. The first-order valence-corrected chi connectivity index (χ1v) is 4.16. The molecular weight excluding hydrogens is 150 g/mol. The third-order valence-electron chi connectivity index (χ3n) is 1.19. The van der Waals surface area contributed by atoms with Crippen LogP contribution in [0.5, 0.6) is 0 Å². The average Bonchev–Trinajstić information content (AvgIpc) is 1.87. The summed E-state index contributed by atoms with van der Waals surface area (Å²) in [7, 11) is 0. The Bertz CT molecular complexity index is 147. The van der Waals surface area contributed by atoms with Crippen LogP contribution >= 0.6 is 11.8 Å². The van der Waals surface area contributed by atoms with Crippen LogP contribution in [-0.2, 0) is 9.59 Å². The molecule has 0 aromatic heterocycles. The van der Waals surface area contributed by atoms with E-state index in [1.54, 1.807) is 13.2 Å². The van der Waals surface area contributed by atoms with E-state index >= 15 is 0 Å². The Hall–Kier alpha value is -0.510. The molecule has 0 aromatic rings. The lowest BCUT2D eigenvalue weighted by Gasteiger charge is -2.02. The zero-order valence-electron chi connectivity index (χ0n) is 6.09. The van der Waals surface area contributed by atoms with Crippen LogP contribution in [0.15, 0.2) is 0 Å². The molecule has 0 saturated heterocycles. The van der Waals surface area contributed by atoms with Crippen molar-refractivity contribution in [1.82, 2.24) is 0 Å². The first-order chi connectivity index (χ1) is 4.57. The molecule has 0 heterocycles. The molecular formula is C6H11NO2S. The molecule has 10 heavy (non-hydrogen) atoms. The number of primary amides is 1. The van der Waals surface area contributed by atoms with Gasteiger partial charge in [-0.2, -0.15) is 0 Å². The van der Waals surface area contributed by atoms with Gasteiger partial charge in [-0.1, -0.05) is 18.7 Å². The number of rotatable bonds is 3. The summed E-state index contributed by atoms with van der Waals surface area (Å²) in [6.45, 7) is 1.65. The van der Waals surface area contributed by atoms with Crippen molar-refractivity contribution < 1.29 is 9.59 Å². The van der Waals surface area contributed by atoms with Crippen molar-refractivity contribution >= 4 is 22.8 Å². The highest BCUT2D eigenvalue weighted by Crippen LogP contribution is 2.07. The number of carbonyl (C=O) groups excluding carboxylic acids is 2. The van der Waals surface area contributed by atoms with Crippen LogP contribution in [0.1, 0.15) is 13.3 Å². The minimum atomic E-state index is -0.414. The van der Waals surface area contributed by atoms with Gasteiger partial charge in [0.05, 0.1) is 0 Å². The summed E-state index contributed by atoms with van der Waals surface area (Å²) < 4.78 is 0. The summed E-state index contributed by atoms with van der Waals surface area (Å²) in [5.41, 5.74) is 4.94. The van der Waals surface area contributed by atoms with Gasteiger partial charge in [-0.05, 0) is 6.26 Å². The molecule has 0 rings (SSSR count). The van der Waals surface area contributed by atoms with E-state index in [2.05, 4.69) is 0 Å². The van der Waals surface area contributed by atoms with Crippen molar-refractivity contribution in [2.45, 2.75) is 13.3 Å². The number of amides is 1. The van der Waals surface area contributed by atoms with E-state index in [1.165, 1.54) is 0 Å². The minimum Gasteiger partial charge on any atom is -0.369 e. The largest absolute Gasteiger partial charge is 0.369 e. The second kappa shape index (κ2) is 4.33. The number of carbonyl (C=O) groups is 2. The molecule has 0 aliphatic rings. The smallest absolute Gasteiger partial charge is 0.220 e. The SMILES string of the molecule is CSC(=O)C[C@H](C)C(N)=O. The molecule has 0 aliphatic carbocycles. The van der Waals surface area contributed by atoms with Gasteiger partial charge in [0.25, 0.3) is 0 Å². The monoisotopic (exact) mass is 161 g/mol. The Kier molecular flexibility index (Phi) is 4.11. The highest BCUT2D eigenvalue weighted by Gasteiger charge is 2.12. The third-order valence-corrected chi connectivity index (χ3v) is 1.81. The predicted octanol–water partition coefficient (Wildman–Crippen LogP) is 0.388. The summed E-state index contributed by atoms with van der Waals surface area (Å²) in [5.74, 6) is -0.748. The molecule has 1 amide bonds. The van der Waals surface area contributed by atoms with E-state index in [4.69, 9.17) is 5.73 Å². The molecule has 0 bridgehead atoms. The fourth-order valence-corrected chi connectivity index (χ4v) is 0.851. The van der Waals surface area contributed by atoms with E-state index in [0.29, 0.717) is 0 Å². The lowest BCUT2D eigenvalue weighted by atomic mass is 10.1.